The summed E-state index contributed by atoms with van der Waals surface area (Å²) in [6.45, 7) is 0.147. The summed E-state index contributed by atoms with van der Waals surface area (Å²) in [6.07, 6.45) is -4.47. The van der Waals surface area contributed by atoms with Gasteiger partial charge in [0.05, 0.1) is 11.6 Å². The number of rotatable bonds is 4. The molecule has 1 unspecified atom stereocenters. The smallest absolute Gasteiger partial charge is 0.416 e. The molecule has 21 heavy (non-hydrogen) atoms. The minimum absolute atomic E-state index is 0.0104. The predicted octanol–water partition coefficient (Wildman–Crippen LogP) is 4.83. The van der Waals surface area contributed by atoms with Gasteiger partial charge in [-0.25, -0.2) is 0 Å². The number of nitrogens with two attached hydrogens (primary N) is 1. The van der Waals surface area contributed by atoms with E-state index in [1.807, 2.05) is 0 Å². The maximum atomic E-state index is 12.8. The van der Waals surface area contributed by atoms with Crippen LogP contribution in [0.15, 0.2) is 39.4 Å². The van der Waals surface area contributed by atoms with Crippen LogP contribution in [0, 0.1) is 0 Å². The first-order chi connectivity index (χ1) is 9.79. The molecule has 3 N–H and O–H groups in total. The van der Waals surface area contributed by atoms with E-state index in [0.717, 1.165) is 12.1 Å². The van der Waals surface area contributed by atoms with Gasteiger partial charge in [-0.15, -0.1) is 0 Å². The minimum atomic E-state index is -4.47. The molecule has 0 fully saturated rings. The lowest BCUT2D eigenvalue weighted by molar-refractivity contribution is -0.137. The number of nitrogens with one attached hydrogen (secondary N) is 1. The lowest BCUT2D eigenvalue weighted by atomic mass is 10.1. The molecule has 0 bridgehead atoms. The second kappa shape index (κ2) is 6.29. The molecule has 0 saturated heterocycles. The van der Waals surface area contributed by atoms with Crippen molar-refractivity contribution < 1.29 is 17.6 Å². The van der Waals surface area contributed by atoms with Gasteiger partial charge in [-0.1, -0.05) is 11.6 Å². The van der Waals surface area contributed by atoms with E-state index >= 15 is 0 Å². The van der Waals surface area contributed by atoms with Crippen LogP contribution in [-0.4, -0.2) is 6.54 Å². The molecule has 0 aliphatic rings. The topological polar surface area (TPSA) is 51.2 Å². The summed E-state index contributed by atoms with van der Waals surface area (Å²) in [5.74, 6) is 0.512. The third kappa shape index (κ3) is 4.15. The summed E-state index contributed by atoms with van der Waals surface area (Å²) >= 11 is 8.89. The summed E-state index contributed by atoms with van der Waals surface area (Å²) in [5, 5.41) is 2.88. The van der Waals surface area contributed by atoms with E-state index in [1.54, 1.807) is 12.1 Å². The Balaban J connectivity index is 2.27. The Morgan fingerprint density at radius 1 is 1.29 bits per heavy atom. The third-order valence-electron chi connectivity index (χ3n) is 2.74. The van der Waals surface area contributed by atoms with Gasteiger partial charge in [0.2, 0.25) is 0 Å². The number of alkyl halides is 3. The van der Waals surface area contributed by atoms with Gasteiger partial charge in [-0.2, -0.15) is 13.2 Å². The average molecular weight is 384 g/mol. The van der Waals surface area contributed by atoms with E-state index < -0.39 is 17.8 Å². The molecule has 0 amide bonds. The molecule has 0 aliphatic carbocycles. The van der Waals surface area contributed by atoms with Crippen molar-refractivity contribution >= 4 is 33.2 Å². The van der Waals surface area contributed by atoms with E-state index in [1.165, 1.54) is 6.07 Å². The lowest BCUT2D eigenvalue weighted by Crippen LogP contribution is -2.20. The Labute approximate surface area is 132 Å². The first kappa shape index (κ1) is 16.2. The third-order valence-corrected chi connectivity index (χ3v) is 3.38. The summed E-state index contributed by atoms with van der Waals surface area (Å²) in [5.41, 5.74) is 5.03. The molecule has 3 nitrogen and oxygen atoms in total. The highest BCUT2D eigenvalue weighted by atomic mass is 79.9. The Kier molecular flexibility index (Phi) is 4.85. The van der Waals surface area contributed by atoms with Crippen molar-refractivity contribution in [1.82, 2.24) is 0 Å². The number of furan rings is 1. The molecule has 2 aromatic rings. The predicted molar refractivity (Wildman–Crippen MR) is 78.3 cm³/mol. The maximum absolute atomic E-state index is 12.8. The molecule has 1 heterocycles. The molecule has 114 valence electrons. The van der Waals surface area contributed by atoms with E-state index in [2.05, 4.69) is 21.2 Å². The Bertz CT molecular complexity index is 630. The highest BCUT2D eigenvalue weighted by Gasteiger charge is 2.31. The first-order valence-corrected chi connectivity index (χ1v) is 7.06. The van der Waals surface area contributed by atoms with Gasteiger partial charge in [0.1, 0.15) is 5.76 Å². The summed E-state index contributed by atoms with van der Waals surface area (Å²) in [7, 11) is 0. The second-order valence-electron chi connectivity index (χ2n) is 4.30. The standard InChI is InChI=1S/C13H11BrClF3N2O/c14-12-2-1-11(21-12)10(6-19)20-9-4-7(13(16,17)18)3-8(15)5-9/h1-5,10,20H,6,19H2. The number of hydrogen-bond donors (Lipinski definition) is 2. The van der Waals surface area contributed by atoms with Crippen LogP contribution in [0.2, 0.25) is 5.02 Å². The van der Waals surface area contributed by atoms with Crippen LogP contribution < -0.4 is 11.1 Å². The quantitative estimate of drug-likeness (QED) is 0.795. The SMILES string of the molecule is NCC(Nc1cc(Cl)cc(C(F)(F)F)c1)c1ccc(Br)o1. The van der Waals surface area contributed by atoms with Crippen molar-refractivity contribution in [1.29, 1.82) is 0 Å². The molecule has 0 aliphatic heterocycles. The maximum Gasteiger partial charge on any atom is 0.416 e. The van der Waals surface area contributed by atoms with Gasteiger partial charge in [0, 0.05) is 17.3 Å². The number of hydrogen-bond acceptors (Lipinski definition) is 3. The molecule has 0 spiro atoms. The van der Waals surface area contributed by atoms with E-state index in [-0.39, 0.29) is 17.3 Å². The van der Waals surface area contributed by atoms with E-state index in [0.29, 0.717) is 10.4 Å². The molecule has 1 aromatic heterocycles. The summed E-state index contributed by atoms with van der Waals surface area (Å²) < 4.78 is 44.1. The molecular formula is C13H11BrClF3N2O. The molecule has 1 aromatic carbocycles. The van der Waals surface area contributed by atoms with Crippen molar-refractivity contribution in [2.75, 3.05) is 11.9 Å². The van der Waals surface area contributed by atoms with Crippen LogP contribution in [0.5, 0.6) is 0 Å². The van der Waals surface area contributed by atoms with Gasteiger partial charge >= 0.3 is 6.18 Å². The number of anilines is 1. The Hall–Kier alpha value is -1.18. The highest BCUT2D eigenvalue weighted by Crippen LogP contribution is 2.34. The molecule has 1 atom stereocenters. The van der Waals surface area contributed by atoms with Crippen LogP contribution in [0.4, 0.5) is 18.9 Å². The van der Waals surface area contributed by atoms with Crippen LogP contribution in [0.25, 0.3) is 0 Å². The fourth-order valence-corrected chi connectivity index (χ4v) is 2.35. The van der Waals surface area contributed by atoms with Gasteiger partial charge in [-0.05, 0) is 46.3 Å². The summed E-state index contributed by atoms with van der Waals surface area (Å²) in [4.78, 5) is 0. The Morgan fingerprint density at radius 3 is 2.52 bits per heavy atom. The van der Waals surface area contributed by atoms with Crippen molar-refractivity contribution in [3.8, 4) is 0 Å². The zero-order chi connectivity index (χ0) is 15.6. The van der Waals surface area contributed by atoms with Crippen molar-refractivity contribution in [2.24, 2.45) is 5.73 Å². The van der Waals surface area contributed by atoms with Crippen LogP contribution in [0.3, 0.4) is 0 Å². The van der Waals surface area contributed by atoms with Crippen molar-refractivity contribution in [3.63, 3.8) is 0 Å². The fourth-order valence-electron chi connectivity index (χ4n) is 1.80. The zero-order valence-corrected chi connectivity index (χ0v) is 12.9. The molecule has 0 radical (unpaired) electrons. The van der Waals surface area contributed by atoms with Gasteiger partial charge in [0.25, 0.3) is 0 Å². The van der Waals surface area contributed by atoms with Gasteiger partial charge < -0.3 is 15.5 Å². The second-order valence-corrected chi connectivity index (χ2v) is 5.52. The summed E-state index contributed by atoms with van der Waals surface area (Å²) in [6, 6.07) is 6.15. The lowest BCUT2D eigenvalue weighted by Gasteiger charge is -2.17. The first-order valence-electron chi connectivity index (χ1n) is 5.89. The average Bonchev–Trinajstić information content (AvgIpc) is 2.81. The zero-order valence-electron chi connectivity index (χ0n) is 10.5. The van der Waals surface area contributed by atoms with Crippen LogP contribution >= 0.6 is 27.5 Å². The normalized spacial score (nSPS) is 13.2. The largest absolute Gasteiger partial charge is 0.452 e. The van der Waals surface area contributed by atoms with Gasteiger partial charge in [0.15, 0.2) is 4.67 Å². The molecular weight excluding hydrogens is 373 g/mol. The fraction of sp³-hybridized carbons (Fsp3) is 0.231. The van der Waals surface area contributed by atoms with Crippen molar-refractivity contribution in [3.05, 3.63) is 51.3 Å². The van der Waals surface area contributed by atoms with Gasteiger partial charge in [-0.3, -0.25) is 0 Å². The highest BCUT2D eigenvalue weighted by molar-refractivity contribution is 9.10. The van der Waals surface area contributed by atoms with E-state index in [4.69, 9.17) is 21.8 Å². The molecule has 0 saturated carbocycles. The molecule has 8 heteroatoms. The Morgan fingerprint density at radius 2 is 2.00 bits per heavy atom. The number of halogens is 5. The van der Waals surface area contributed by atoms with Crippen LogP contribution in [0.1, 0.15) is 17.4 Å². The monoisotopic (exact) mass is 382 g/mol. The van der Waals surface area contributed by atoms with Crippen molar-refractivity contribution in [2.45, 2.75) is 12.2 Å². The minimum Gasteiger partial charge on any atom is -0.452 e. The van der Waals surface area contributed by atoms with Crippen LogP contribution in [-0.2, 0) is 6.18 Å². The van der Waals surface area contributed by atoms with E-state index in [9.17, 15) is 13.2 Å². The number of benzene rings is 1. The molecule has 2 rings (SSSR count).